The number of halogens is 10. The molecule has 0 aromatic heterocycles. The fourth-order valence-corrected chi connectivity index (χ4v) is 4.13. The van der Waals surface area contributed by atoms with Crippen molar-refractivity contribution in [3.8, 4) is 28.0 Å². The van der Waals surface area contributed by atoms with Gasteiger partial charge in [0, 0.05) is 23.3 Å². The van der Waals surface area contributed by atoms with Crippen molar-refractivity contribution < 1.29 is 48.6 Å². The van der Waals surface area contributed by atoms with Crippen molar-refractivity contribution in [3.63, 3.8) is 0 Å². The second-order valence-corrected chi connectivity index (χ2v) is 8.81. The lowest BCUT2D eigenvalue weighted by Gasteiger charge is -2.20. The van der Waals surface area contributed by atoms with Crippen LogP contribution in [0, 0.1) is 29.1 Å². The quantitative estimate of drug-likeness (QED) is 0.200. The van der Waals surface area contributed by atoms with E-state index >= 15 is 0 Å². The Bertz CT molecular complexity index is 1520. The molecule has 0 unspecified atom stereocenters. The predicted octanol–water partition coefficient (Wildman–Crippen LogP) is 9.82. The molecule has 4 rings (SSSR count). The Labute approximate surface area is 221 Å². The maximum atomic E-state index is 14.9. The first-order valence-corrected chi connectivity index (χ1v) is 11.7. The van der Waals surface area contributed by atoms with Gasteiger partial charge in [-0.2, -0.15) is 22.0 Å². The van der Waals surface area contributed by atoms with E-state index in [1.807, 2.05) is 19.1 Å². The summed E-state index contributed by atoms with van der Waals surface area (Å²) in [5.74, 6) is -10.9. The first-order chi connectivity index (χ1) is 18.7. The van der Waals surface area contributed by atoms with Crippen LogP contribution in [0.15, 0.2) is 66.7 Å². The minimum Gasteiger partial charge on any atom is -0.429 e. The van der Waals surface area contributed by atoms with Gasteiger partial charge in [0.25, 0.3) is 0 Å². The van der Waals surface area contributed by atoms with Gasteiger partial charge in [-0.25, -0.2) is 22.0 Å². The molecule has 4 aromatic rings. The molecule has 0 atom stereocenters. The van der Waals surface area contributed by atoms with Crippen LogP contribution in [0.25, 0.3) is 22.3 Å². The van der Waals surface area contributed by atoms with Crippen molar-refractivity contribution in [1.29, 1.82) is 0 Å². The highest BCUT2D eigenvalue weighted by Gasteiger charge is 2.42. The van der Waals surface area contributed by atoms with E-state index in [1.165, 1.54) is 6.07 Å². The third kappa shape index (κ3) is 5.78. The third-order valence-corrected chi connectivity index (χ3v) is 6.03. The molecule has 0 amide bonds. The Hall–Kier alpha value is -4.02. The maximum Gasteiger partial charge on any atom is 0.429 e. The van der Waals surface area contributed by atoms with Gasteiger partial charge in [0.2, 0.25) is 0 Å². The fraction of sp³-hybridized carbons (Fsp3) is 0.172. The molecule has 0 bridgehead atoms. The normalized spacial score (nSPS) is 12.1. The second-order valence-electron chi connectivity index (χ2n) is 8.81. The Morgan fingerprint density at radius 1 is 0.625 bits per heavy atom. The van der Waals surface area contributed by atoms with E-state index in [0.717, 1.165) is 30.5 Å². The highest BCUT2D eigenvalue weighted by molar-refractivity contribution is 5.72. The van der Waals surface area contributed by atoms with Crippen LogP contribution in [0.4, 0.5) is 43.9 Å². The highest BCUT2D eigenvalue weighted by Crippen LogP contribution is 2.40. The van der Waals surface area contributed by atoms with E-state index in [9.17, 15) is 43.9 Å². The van der Waals surface area contributed by atoms with Gasteiger partial charge in [-0.15, -0.1) is 0 Å². The zero-order valence-electron chi connectivity index (χ0n) is 20.5. The summed E-state index contributed by atoms with van der Waals surface area (Å²) < 4.78 is 143. The van der Waals surface area contributed by atoms with Gasteiger partial charge in [0.05, 0.1) is 0 Å². The van der Waals surface area contributed by atoms with Crippen LogP contribution < -0.4 is 4.74 Å². The monoisotopic (exact) mass is 572 g/mol. The molecule has 40 heavy (non-hydrogen) atoms. The standard InChI is InChI=1S/C29H18F10O/c1-2-3-15-4-6-16(7-5-15)17-8-9-19(22(30)12-17)20-10-11-21(27(34)26(20)33)29(38,39)40-18-13-23(31)25(24(32)14-18)28(35,36)37/h4-14H,2-3H2,1H3. The molecule has 0 radical (unpaired) electrons. The van der Waals surface area contributed by atoms with E-state index in [0.29, 0.717) is 23.3 Å². The fourth-order valence-electron chi connectivity index (χ4n) is 4.13. The summed E-state index contributed by atoms with van der Waals surface area (Å²) in [6.45, 7) is 2.02. The molecule has 210 valence electrons. The summed E-state index contributed by atoms with van der Waals surface area (Å²) in [6, 6.07) is 11.6. The molecule has 0 N–H and O–H groups in total. The first-order valence-electron chi connectivity index (χ1n) is 11.7. The van der Waals surface area contributed by atoms with Crippen LogP contribution in [-0.4, -0.2) is 0 Å². The molecule has 0 saturated carbocycles. The number of aryl methyl sites for hydroxylation is 1. The SMILES string of the molecule is CCCc1ccc(-c2ccc(-c3ccc(C(F)(F)Oc4cc(F)c(C(F)(F)F)c(F)c4)c(F)c3F)c(F)c2)cc1. The van der Waals surface area contributed by atoms with Crippen LogP contribution in [0.1, 0.15) is 30.0 Å². The van der Waals surface area contributed by atoms with E-state index in [2.05, 4.69) is 4.74 Å². The molecule has 4 aromatic carbocycles. The lowest BCUT2D eigenvalue weighted by atomic mass is 9.97. The summed E-state index contributed by atoms with van der Waals surface area (Å²) in [6.07, 6.45) is -8.45. The largest absolute Gasteiger partial charge is 0.429 e. The van der Waals surface area contributed by atoms with Gasteiger partial charge in [0.1, 0.15) is 34.3 Å². The van der Waals surface area contributed by atoms with Crippen LogP contribution in [0.2, 0.25) is 0 Å². The lowest BCUT2D eigenvalue weighted by molar-refractivity contribution is -0.188. The van der Waals surface area contributed by atoms with Crippen LogP contribution >= 0.6 is 0 Å². The average molecular weight is 572 g/mol. The predicted molar refractivity (Wildman–Crippen MR) is 127 cm³/mol. The number of ether oxygens (including phenoxy) is 1. The van der Waals surface area contributed by atoms with E-state index in [-0.39, 0.29) is 12.1 Å². The van der Waals surface area contributed by atoms with Crippen molar-refractivity contribution in [1.82, 2.24) is 0 Å². The van der Waals surface area contributed by atoms with E-state index in [4.69, 9.17) is 0 Å². The lowest BCUT2D eigenvalue weighted by Crippen LogP contribution is -2.24. The summed E-state index contributed by atoms with van der Waals surface area (Å²) >= 11 is 0. The third-order valence-electron chi connectivity index (χ3n) is 6.03. The van der Waals surface area contributed by atoms with Crippen LogP contribution in [0.5, 0.6) is 5.75 Å². The summed E-state index contributed by atoms with van der Waals surface area (Å²) in [4.78, 5) is 0. The maximum absolute atomic E-state index is 14.9. The molecule has 0 fully saturated rings. The van der Waals surface area contributed by atoms with Gasteiger partial charge in [-0.05, 0) is 35.2 Å². The topological polar surface area (TPSA) is 9.23 Å². The molecular formula is C29H18F10O. The molecule has 1 nitrogen and oxygen atoms in total. The highest BCUT2D eigenvalue weighted by atomic mass is 19.4. The Morgan fingerprint density at radius 2 is 1.20 bits per heavy atom. The Morgan fingerprint density at radius 3 is 1.75 bits per heavy atom. The Kier molecular flexibility index (Phi) is 7.87. The minimum atomic E-state index is -5.47. The van der Waals surface area contributed by atoms with Crippen LogP contribution in [-0.2, 0) is 18.7 Å². The Balaban J connectivity index is 1.63. The number of rotatable bonds is 7. The summed E-state index contributed by atoms with van der Waals surface area (Å²) in [5, 5.41) is 0. The summed E-state index contributed by atoms with van der Waals surface area (Å²) in [7, 11) is 0. The van der Waals surface area contributed by atoms with Crippen LogP contribution in [0.3, 0.4) is 0 Å². The van der Waals surface area contributed by atoms with Crippen molar-refractivity contribution in [2.45, 2.75) is 32.1 Å². The van der Waals surface area contributed by atoms with Gasteiger partial charge >= 0.3 is 12.3 Å². The average Bonchev–Trinajstić information content (AvgIpc) is 2.85. The number of alkyl halides is 5. The zero-order chi connectivity index (χ0) is 29.4. The molecule has 0 spiro atoms. The molecular weight excluding hydrogens is 554 g/mol. The second kappa shape index (κ2) is 10.9. The van der Waals surface area contributed by atoms with Crippen molar-refractivity contribution in [2.24, 2.45) is 0 Å². The number of benzene rings is 4. The molecule has 0 aliphatic heterocycles. The number of hydrogen-bond donors (Lipinski definition) is 0. The molecule has 0 heterocycles. The van der Waals surface area contributed by atoms with Gasteiger partial charge < -0.3 is 4.74 Å². The van der Waals surface area contributed by atoms with Crippen molar-refractivity contribution in [2.75, 3.05) is 0 Å². The first kappa shape index (κ1) is 29.0. The van der Waals surface area contributed by atoms with Gasteiger partial charge in [-0.1, -0.05) is 55.8 Å². The summed E-state index contributed by atoms with van der Waals surface area (Å²) in [5.41, 5.74) is -3.06. The zero-order valence-corrected chi connectivity index (χ0v) is 20.5. The van der Waals surface area contributed by atoms with E-state index in [1.54, 1.807) is 12.1 Å². The van der Waals surface area contributed by atoms with Crippen molar-refractivity contribution in [3.05, 3.63) is 113 Å². The number of hydrogen-bond acceptors (Lipinski definition) is 1. The molecule has 11 heteroatoms. The van der Waals surface area contributed by atoms with Crippen molar-refractivity contribution >= 4 is 0 Å². The smallest absolute Gasteiger partial charge is 0.429 e. The van der Waals surface area contributed by atoms with Gasteiger partial charge in [0.15, 0.2) is 11.6 Å². The molecule has 0 aliphatic rings. The minimum absolute atomic E-state index is 0.170. The van der Waals surface area contributed by atoms with E-state index < -0.39 is 69.4 Å². The van der Waals surface area contributed by atoms with Gasteiger partial charge in [-0.3, -0.25) is 0 Å². The molecule has 0 saturated heterocycles. The molecule has 0 aliphatic carbocycles.